The first-order chi connectivity index (χ1) is 15.0. The van der Waals surface area contributed by atoms with Crippen LogP contribution >= 0.6 is 0 Å². The fourth-order valence-electron chi connectivity index (χ4n) is 10.2. The third-order valence-corrected chi connectivity index (χ3v) is 11.9. The SMILES string of the molecule is C=C1CC[C@@]2(OC1)O[C@H]1C[C@@H]3[C@@H]4CC[C@]5(O)C[C@@H](O)C[C@@H](O)[C@]5(C)[C@H]4CC[C@]3(C)[C@H]1[C@@H]2C. The monoisotopic (exact) mass is 446 g/mol. The molecule has 3 N–H and O–H groups in total. The van der Waals surface area contributed by atoms with Crippen molar-refractivity contribution in [3.05, 3.63) is 12.2 Å². The molecule has 6 rings (SSSR count). The van der Waals surface area contributed by atoms with Gasteiger partial charge in [-0.25, -0.2) is 0 Å². The van der Waals surface area contributed by atoms with E-state index in [2.05, 4.69) is 27.4 Å². The molecule has 2 aliphatic heterocycles. The Balaban J connectivity index is 1.29. The molecule has 0 amide bonds. The van der Waals surface area contributed by atoms with E-state index in [9.17, 15) is 15.3 Å². The van der Waals surface area contributed by atoms with Gasteiger partial charge in [-0.1, -0.05) is 32.9 Å². The highest BCUT2D eigenvalue weighted by Crippen LogP contribution is 2.71. The highest BCUT2D eigenvalue weighted by Gasteiger charge is 2.71. The predicted octanol–water partition coefficient (Wildman–Crippen LogP) is 3.80. The Kier molecular flexibility index (Phi) is 4.69. The molecule has 0 aromatic heterocycles. The van der Waals surface area contributed by atoms with Crippen LogP contribution in [0.5, 0.6) is 0 Å². The van der Waals surface area contributed by atoms with E-state index in [-0.39, 0.29) is 11.5 Å². The highest BCUT2D eigenvalue weighted by molar-refractivity contribution is 5.19. The van der Waals surface area contributed by atoms with E-state index in [1.807, 2.05) is 0 Å². The van der Waals surface area contributed by atoms with Crippen LogP contribution in [-0.2, 0) is 9.47 Å². The van der Waals surface area contributed by atoms with Crippen molar-refractivity contribution in [2.75, 3.05) is 6.61 Å². The third-order valence-electron chi connectivity index (χ3n) is 11.9. The Hall–Kier alpha value is -0.460. The van der Waals surface area contributed by atoms with Crippen LogP contribution in [0.25, 0.3) is 0 Å². The lowest BCUT2D eigenvalue weighted by Crippen LogP contribution is -2.68. The molecule has 0 radical (unpaired) electrons. The van der Waals surface area contributed by atoms with Crippen molar-refractivity contribution in [3.8, 4) is 0 Å². The summed E-state index contributed by atoms with van der Waals surface area (Å²) >= 11 is 0. The van der Waals surface area contributed by atoms with E-state index in [4.69, 9.17) is 9.47 Å². The van der Waals surface area contributed by atoms with Gasteiger partial charge in [0.15, 0.2) is 5.79 Å². The summed E-state index contributed by atoms with van der Waals surface area (Å²) in [6.45, 7) is 11.7. The van der Waals surface area contributed by atoms with Crippen molar-refractivity contribution in [2.24, 2.45) is 40.4 Å². The zero-order chi connectivity index (χ0) is 22.7. The lowest BCUT2D eigenvalue weighted by Gasteiger charge is -2.65. The maximum atomic E-state index is 11.7. The largest absolute Gasteiger partial charge is 0.393 e. The van der Waals surface area contributed by atoms with Crippen molar-refractivity contribution in [3.63, 3.8) is 0 Å². The van der Waals surface area contributed by atoms with Crippen LogP contribution in [0.2, 0.25) is 0 Å². The van der Waals surface area contributed by atoms with Gasteiger partial charge in [-0.05, 0) is 74.0 Å². The molecule has 180 valence electrons. The van der Waals surface area contributed by atoms with Crippen LogP contribution in [0.3, 0.4) is 0 Å². The number of ether oxygens (including phenoxy) is 2. The highest BCUT2D eigenvalue weighted by atomic mass is 16.7. The maximum absolute atomic E-state index is 11.7. The first-order valence-corrected chi connectivity index (χ1v) is 13.1. The molecule has 5 nitrogen and oxygen atoms in total. The lowest BCUT2D eigenvalue weighted by atomic mass is 9.42. The van der Waals surface area contributed by atoms with Gasteiger partial charge >= 0.3 is 0 Å². The zero-order valence-electron chi connectivity index (χ0n) is 20.1. The van der Waals surface area contributed by atoms with Gasteiger partial charge in [-0.2, -0.15) is 0 Å². The average molecular weight is 447 g/mol. The summed E-state index contributed by atoms with van der Waals surface area (Å²) in [6.07, 6.45) is 6.64. The Bertz CT molecular complexity index is 802. The Morgan fingerprint density at radius 2 is 1.81 bits per heavy atom. The van der Waals surface area contributed by atoms with Crippen molar-refractivity contribution < 1.29 is 24.8 Å². The first kappa shape index (κ1) is 22.0. The fraction of sp³-hybridized carbons (Fsp3) is 0.926. The summed E-state index contributed by atoms with van der Waals surface area (Å²) < 4.78 is 13.1. The number of hydrogen-bond acceptors (Lipinski definition) is 5. The number of fused-ring (bicyclic) bond motifs is 7. The van der Waals surface area contributed by atoms with Gasteiger partial charge in [0.2, 0.25) is 0 Å². The second-order valence-corrected chi connectivity index (χ2v) is 12.9. The molecule has 0 aromatic carbocycles. The van der Waals surface area contributed by atoms with Crippen molar-refractivity contribution in [2.45, 2.75) is 108 Å². The van der Waals surface area contributed by atoms with Crippen LogP contribution in [0.4, 0.5) is 0 Å². The van der Waals surface area contributed by atoms with Crippen molar-refractivity contribution in [1.29, 1.82) is 0 Å². The molecular formula is C27H42O5. The minimum atomic E-state index is -0.959. The van der Waals surface area contributed by atoms with Gasteiger partial charge < -0.3 is 24.8 Å². The van der Waals surface area contributed by atoms with Gasteiger partial charge in [-0.15, -0.1) is 0 Å². The molecule has 4 aliphatic carbocycles. The summed E-state index contributed by atoms with van der Waals surface area (Å²) in [5.74, 6) is 1.82. The van der Waals surface area contributed by atoms with E-state index in [0.29, 0.717) is 55.5 Å². The van der Waals surface area contributed by atoms with E-state index in [0.717, 1.165) is 38.5 Å². The quantitative estimate of drug-likeness (QED) is 0.493. The molecule has 4 saturated carbocycles. The predicted molar refractivity (Wildman–Crippen MR) is 121 cm³/mol. The topological polar surface area (TPSA) is 79.2 Å². The summed E-state index contributed by atoms with van der Waals surface area (Å²) in [6, 6.07) is 0. The minimum Gasteiger partial charge on any atom is -0.393 e. The number of aliphatic hydroxyl groups is 3. The van der Waals surface area contributed by atoms with Crippen molar-refractivity contribution >= 4 is 0 Å². The van der Waals surface area contributed by atoms with Crippen molar-refractivity contribution in [1.82, 2.24) is 0 Å². The van der Waals surface area contributed by atoms with Crippen LogP contribution in [0.15, 0.2) is 12.2 Å². The molecule has 12 atom stereocenters. The molecule has 0 aromatic rings. The van der Waals surface area contributed by atoms with E-state index < -0.39 is 29.0 Å². The summed E-state index contributed by atoms with van der Waals surface area (Å²) in [4.78, 5) is 0. The molecule has 1 spiro atoms. The van der Waals surface area contributed by atoms with Crippen LogP contribution in [0.1, 0.15) is 78.6 Å². The Morgan fingerprint density at radius 1 is 1.03 bits per heavy atom. The smallest absolute Gasteiger partial charge is 0.172 e. The van der Waals surface area contributed by atoms with E-state index >= 15 is 0 Å². The van der Waals surface area contributed by atoms with E-state index in [1.54, 1.807) is 0 Å². The standard InChI is InChI=1S/C27H42O5/c1-15-5-10-27(31-14-15)16(2)23-21(32-27)12-20-18-6-9-26(30)13-17(28)11-22(29)25(26,4)19(18)7-8-24(20,23)3/h16-23,28-30H,1,5-14H2,2-4H3/t16-,17-,18+,19-,20+,21-,22+,23-,24-,25-,26-,27+/m0/s1. The fourth-order valence-corrected chi connectivity index (χ4v) is 10.2. The lowest BCUT2D eigenvalue weighted by molar-refractivity contribution is -0.267. The van der Waals surface area contributed by atoms with Gasteiger partial charge in [0.05, 0.1) is 30.5 Å². The zero-order valence-corrected chi connectivity index (χ0v) is 20.1. The van der Waals surface area contributed by atoms with Gasteiger partial charge in [0.25, 0.3) is 0 Å². The normalized spacial score (nSPS) is 61.8. The number of aliphatic hydroxyl groups excluding tert-OH is 2. The molecule has 0 bridgehead atoms. The second-order valence-electron chi connectivity index (χ2n) is 12.9. The maximum Gasteiger partial charge on any atom is 0.172 e. The molecule has 2 saturated heterocycles. The Morgan fingerprint density at radius 3 is 2.53 bits per heavy atom. The van der Waals surface area contributed by atoms with E-state index in [1.165, 1.54) is 5.57 Å². The van der Waals surface area contributed by atoms with Gasteiger partial charge in [0.1, 0.15) is 0 Å². The molecule has 0 unspecified atom stereocenters. The van der Waals surface area contributed by atoms with Crippen LogP contribution < -0.4 is 0 Å². The summed E-state index contributed by atoms with van der Waals surface area (Å²) in [5.41, 5.74) is -0.0986. The molecule has 6 fully saturated rings. The average Bonchev–Trinajstić information content (AvgIpc) is 3.17. The molecular weight excluding hydrogens is 404 g/mol. The van der Waals surface area contributed by atoms with Crippen LogP contribution in [0, 0.1) is 40.4 Å². The summed E-state index contributed by atoms with van der Waals surface area (Å²) in [7, 11) is 0. The van der Waals surface area contributed by atoms with Gasteiger partial charge in [-0.3, -0.25) is 0 Å². The number of rotatable bonds is 0. The second kappa shape index (κ2) is 6.81. The Labute approximate surface area is 192 Å². The first-order valence-electron chi connectivity index (χ1n) is 13.1. The van der Waals surface area contributed by atoms with Crippen LogP contribution in [-0.4, -0.2) is 51.6 Å². The molecule has 6 aliphatic rings. The molecule has 32 heavy (non-hydrogen) atoms. The number of hydrogen-bond donors (Lipinski definition) is 3. The van der Waals surface area contributed by atoms with Gasteiger partial charge in [0, 0.05) is 24.2 Å². The third kappa shape index (κ3) is 2.58. The molecule has 5 heteroatoms. The molecule has 2 heterocycles. The minimum absolute atomic E-state index is 0.220. The summed E-state index contributed by atoms with van der Waals surface area (Å²) in [5, 5.41) is 33.1.